The molecule has 17 heavy (non-hydrogen) atoms. The molecule has 1 heteroatoms. The Morgan fingerprint density at radius 3 is 2.12 bits per heavy atom. The molecule has 0 amide bonds. The molecule has 88 valence electrons. The summed E-state index contributed by atoms with van der Waals surface area (Å²) in [6.45, 7) is 4.38. The van der Waals surface area contributed by atoms with Gasteiger partial charge in [-0.1, -0.05) is 49.4 Å². The van der Waals surface area contributed by atoms with E-state index in [1.54, 1.807) is 0 Å². The lowest BCUT2D eigenvalue weighted by Crippen LogP contribution is -2.05. The van der Waals surface area contributed by atoms with Gasteiger partial charge in [0.15, 0.2) is 0 Å². The summed E-state index contributed by atoms with van der Waals surface area (Å²) < 4.78 is 0. The van der Waals surface area contributed by atoms with Crippen LogP contribution in [0.25, 0.3) is 0 Å². The second-order valence-corrected chi connectivity index (χ2v) is 4.45. The molecular formula is C16H19N. The van der Waals surface area contributed by atoms with Crippen molar-refractivity contribution >= 4 is 5.69 Å². The minimum absolute atomic E-state index is 0.400. The monoisotopic (exact) mass is 225 g/mol. The van der Waals surface area contributed by atoms with Crippen molar-refractivity contribution in [2.45, 2.75) is 26.2 Å². The normalized spacial score (nSPS) is 12.4. The summed E-state index contributed by atoms with van der Waals surface area (Å²) in [4.78, 5) is 0. The molecule has 0 aliphatic heterocycles. The van der Waals surface area contributed by atoms with Crippen molar-refractivity contribution in [2.24, 2.45) is 0 Å². The van der Waals surface area contributed by atoms with Gasteiger partial charge in [-0.3, -0.25) is 0 Å². The summed E-state index contributed by atoms with van der Waals surface area (Å²) in [6.07, 6.45) is 1.07. The lowest BCUT2D eigenvalue weighted by molar-refractivity contribution is 0.773. The zero-order valence-electron chi connectivity index (χ0n) is 10.5. The first-order valence-electron chi connectivity index (χ1n) is 6.14. The summed E-state index contributed by atoms with van der Waals surface area (Å²) in [5.74, 6) is 0.400. The molecule has 2 rings (SSSR count). The summed E-state index contributed by atoms with van der Waals surface area (Å²) >= 11 is 0. The maximum atomic E-state index is 6.08. The standard InChI is InChI=1S/C16H19N/c1-3-13(14-9-5-4-8-12(14)2)15-10-6-7-11-16(15)17/h4-11,13H,3,17H2,1-2H3. The van der Waals surface area contributed by atoms with E-state index in [1.165, 1.54) is 16.7 Å². The Hall–Kier alpha value is -1.76. The van der Waals surface area contributed by atoms with Gasteiger partial charge in [-0.15, -0.1) is 0 Å². The second-order valence-electron chi connectivity index (χ2n) is 4.45. The fraction of sp³-hybridized carbons (Fsp3) is 0.250. The molecule has 2 aromatic carbocycles. The van der Waals surface area contributed by atoms with Crippen molar-refractivity contribution in [1.29, 1.82) is 0 Å². The molecule has 0 aliphatic rings. The minimum atomic E-state index is 0.400. The average molecular weight is 225 g/mol. The molecule has 2 aromatic rings. The van der Waals surface area contributed by atoms with Crippen molar-refractivity contribution in [2.75, 3.05) is 5.73 Å². The number of para-hydroxylation sites is 1. The highest BCUT2D eigenvalue weighted by molar-refractivity contribution is 5.52. The molecule has 0 radical (unpaired) electrons. The van der Waals surface area contributed by atoms with E-state index in [2.05, 4.69) is 50.2 Å². The predicted octanol–water partition coefficient (Wildman–Crippen LogP) is 4.12. The fourth-order valence-electron chi connectivity index (χ4n) is 2.41. The molecule has 1 nitrogen and oxygen atoms in total. The van der Waals surface area contributed by atoms with Crippen LogP contribution in [0.15, 0.2) is 48.5 Å². The number of hydrogen-bond acceptors (Lipinski definition) is 1. The smallest absolute Gasteiger partial charge is 0.0352 e. The highest BCUT2D eigenvalue weighted by Gasteiger charge is 2.15. The van der Waals surface area contributed by atoms with Crippen molar-refractivity contribution < 1.29 is 0 Å². The number of nitrogens with two attached hydrogens (primary N) is 1. The molecule has 0 saturated carbocycles. The minimum Gasteiger partial charge on any atom is -0.398 e. The van der Waals surface area contributed by atoms with Crippen LogP contribution in [0.3, 0.4) is 0 Å². The summed E-state index contributed by atoms with van der Waals surface area (Å²) in [5.41, 5.74) is 10.9. The zero-order chi connectivity index (χ0) is 12.3. The Labute approximate surface area is 103 Å². The topological polar surface area (TPSA) is 26.0 Å². The SMILES string of the molecule is CCC(c1ccccc1C)c1ccccc1N. The molecule has 1 unspecified atom stereocenters. The van der Waals surface area contributed by atoms with E-state index < -0.39 is 0 Å². The third-order valence-electron chi connectivity index (χ3n) is 3.34. The molecule has 0 saturated heterocycles. The first kappa shape index (κ1) is 11.7. The van der Waals surface area contributed by atoms with Crippen molar-refractivity contribution in [1.82, 2.24) is 0 Å². The number of rotatable bonds is 3. The second kappa shape index (κ2) is 5.05. The fourth-order valence-corrected chi connectivity index (χ4v) is 2.41. The van der Waals surface area contributed by atoms with Gasteiger partial charge < -0.3 is 5.73 Å². The molecular weight excluding hydrogens is 206 g/mol. The highest BCUT2D eigenvalue weighted by atomic mass is 14.6. The van der Waals surface area contributed by atoms with Crippen molar-refractivity contribution in [3.8, 4) is 0 Å². The number of hydrogen-bond donors (Lipinski definition) is 1. The number of anilines is 1. The molecule has 0 bridgehead atoms. The molecule has 1 atom stereocenters. The Kier molecular flexibility index (Phi) is 3.48. The van der Waals surface area contributed by atoms with Crippen molar-refractivity contribution in [3.05, 3.63) is 65.2 Å². The quantitative estimate of drug-likeness (QED) is 0.781. The Morgan fingerprint density at radius 2 is 1.53 bits per heavy atom. The van der Waals surface area contributed by atoms with Crippen LogP contribution in [0, 0.1) is 6.92 Å². The first-order chi connectivity index (χ1) is 8.24. The van der Waals surface area contributed by atoms with Crippen molar-refractivity contribution in [3.63, 3.8) is 0 Å². The first-order valence-corrected chi connectivity index (χ1v) is 6.14. The van der Waals surface area contributed by atoms with E-state index in [0.29, 0.717) is 5.92 Å². The van der Waals surface area contributed by atoms with Crippen LogP contribution in [-0.2, 0) is 0 Å². The Morgan fingerprint density at radius 1 is 0.941 bits per heavy atom. The lowest BCUT2D eigenvalue weighted by atomic mass is 9.86. The lowest BCUT2D eigenvalue weighted by Gasteiger charge is -2.19. The summed E-state index contributed by atoms with van der Waals surface area (Å²) in [5, 5.41) is 0. The van der Waals surface area contributed by atoms with Gasteiger partial charge in [-0.25, -0.2) is 0 Å². The van der Waals surface area contributed by atoms with E-state index in [4.69, 9.17) is 5.73 Å². The van der Waals surface area contributed by atoms with E-state index in [-0.39, 0.29) is 0 Å². The van der Waals surface area contributed by atoms with Gasteiger partial charge in [0.05, 0.1) is 0 Å². The van der Waals surface area contributed by atoms with Gasteiger partial charge >= 0.3 is 0 Å². The van der Waals surface area contributed by atoms with Gasteiger partial charge in [-0.05, 0) is 36.1 Å². The third-order valence-corrected chi connectivity index (χ3v) is 3.34. The van der Waals surface area contributed by atoms with Crippen LogP contribution in [-0.4, -0.2) is 0 Å². The Balaban J connectivity index is 2.48. The van der Waals surface area contributed by atoms with Crippen LogP contribution in [0.5, 0.6) is 0 Å². The summed E-state index contributed by atoms with van der Waals surface area (Å²) in [6, 6.07) is 16.7. The van der Waals surface area contributed by atoms with Crippen LogP contribution in [0.4, 0.5) is 5.69 Å². The third kappa shape index (κ3) is 2.33. The largest absolute Gasteiger partial charge is 0.398 e. The van der Waals surface area contributed by atoms with Gasteiger partial charge in [0.2, 0.25) is 0 Å². The van der Waals surface area contributed by atoms with Crippen LogP contribution >= 0.6 is 0 Å². The maximum absolute atomic E-state index is 6.08. The maximum Gasteiger partial charge on any atom is 0.0352 e. The van der Waals surface area contributed by atoms with E-state index >= 15 is 0 Å². The molecule has 2 N–H and O–H groups in total. The average Bonchev–Trinajstić information content (AvgIpc) is 2.34. The van der Waals surface area contributed by atoms with Gasteiger partial charge in [0, 0.05) is 11.6 Å². The van der Waals surface area contributed by atoms with Crippen LogP contribution in [0.1, 0.15) is 36.0 Å². The zero-order valence-corrected chi connectivity index (χ0v) is 10.5. The van der Waals surface area contributed by atoms with E-state index in [1.807, 2.05) is 12.1 Å². The number of aryl methyl sites for hydroxylation is 1. The van der Waals surface area contributed by atoms with Crippen LogP contribution < -0.4 is 5.73 Å². The molecule has 0 heterocycles. The predicted molar refractivity (Wildman–Crippen MR) is 74.2 cm³/mol. The van der Waals surface area contributed by atoms with Gasteiger partial charge in [-0.2, -0.15) is 0 Å². The molecule has 0 aromatic heterocycles. The van der Waals surface area contributed by atoms with E-state index in [0.717, 1.165) is 12.1 Å². The Bertz CT molecular complexity index is 457. The van der Waals surface area contributed by atoms with Gasteiger partial charge in [0.1, 0.15) is 0 Å². The molecule has 0 fully saturated rings. The number of benzene rings is 2. The highest BCUT2D eigenvalue weighted by Crippen LogP contribution is 2.32. The van der Waals surface area contributed by atoms with E-state index in [9.17, 15) is 0 Å². The molecule has 0 spiro atoms. The molecule has 0 aliphatic carbocycles. The number of nitrogen functional groups attached to an aromatic ring is 1. The van der Waals surface area contributed by atoms with Crippen LogP contribution in [0.2, 0.25) is 0 Å². The summed E-state index contributed by atoms with van der Waals surface area (Å²) in [7, 11) is 0. The van der Waals surface area contributed by atoms with Gasteiger partial charge in [0.25, 0.3) is 0 Å².